The number of benzene rings is 1. The Hall–Kier alpha value is -1.94. The zero-order valence-electron chi connectivity index (χ0n) is 13.1. The Bertz CT molecular complexity index is 577. The van der Waals surface area contributed by atoms with Crippen LogP contribution < -0.4 is 14.8 Å². The topological polar surface area (TPSA) is 43.6 Å². The van der Waals surface area contributed by atoms with E-state index in [0.717, 1.165) is 41.4 Å². The highest BCUT2D eigenvalue weighted by Crippen LogP contribution is 2.32. The summed E-state index contributed by atoms with van der Waals surface area (Å²) >= 11 is 0. The maximum absolute atomic E-state index is 5.45. The number of aryl methyl sites for hydroxylation is 1. The Morgan fingerprint density at radius 1 is 1.10 bits per heavy atom. The van der Waals surface area contributed by atoms with E-state index in [1.807, 2.05) is 19.1 Å². The minimum absolute atomic E-state index is 0.0854. The fraction of sp³-hybridized carbons (Fsp3) is 0.412. The summed E-state index contributed by atoms with van der Waals surface area (Å²) in [6.45, 7) is 5.04. The van der Waals surface area contributed by atoms with Crippen LogP contribution in [0.2, 0.25) is 0 Å². The van der Waals surface area contributed by atoms with E-state index in [2.05, 4.69) is 24.4 Å². The van der Waals surface area contributed by atoms with E-state index in [1.165, 1.54) is 0 Å². The second-order valence-electron chi connectivity index (χ2n) is 4.99. The van der Waals surface area contributed by atoms with Crippen LogP contribution in [0.3, 0.4) is 0 Å². The number of hydrogen-bond acceptors (Lipinski definition) is 4. The maximum Gasteiger partial charge on any atom is 0.161 e. The van der Waals surface area contributed by atoms with Crippen LogP contribution in [-0.4, -0.2) is 20.8 Å². The molecule has 1 N–H and O–H groups in total. The molecule has 0 saturated carbocycles. The van der Waals surface area contributed by atoms with Crippen LogP contribution in [0.5, 0.6) is 11.5 Å². The summed E-state index contributed by atoms with van der Waals surface area (Å²) in [6.07, 6.45) is 2.87. The van der Waals surface area contributed by atoms with Crippen molar-refractivity contribution in [1.82, 2.24) is 5.32 Å². The molecular formula is C17H23NO3. The summed E-state index contributed by atoms with van der Waals surface area (Å²) in [5.41, 5.74) is 2.25. The molecule has 2 aromatic rings. The number of ether oxygens (including phenoxy) is 2. The van der Waals surface area contributed by atoms with Crippen molar-refractivity contribution in [3.63, 3.8) is 0 Å². The molecule has 0 fully saturated rings. The second kappa shape index (κ2) is 7.18. The van der Waals surface area contributed by atoms with Gasteiger partial charge >= 0.3 is 0 Å². The monoisotopic (exact) mass is 289 g/mol. The van der Waals surface area contributed by atoms with Crippen molar-refractivity contribution < 1.29 is 13.9 Å². The summed E-state index contributed by atoms with van der Waals surface area (Å²) in [7, 11) is 3.29. The zero-order chi connectivity index (χ0) is 15.2. The van der Waals surface area contributed by atoms with Crippen molar-refractivity contribution in [2.24, 2.45) is 0 Å². The van der Waals surface area contributed by atoms with Crippen LogP contribution in [0.1, 0.15) is 36.3 Å². The molecule has 0 spiro atoms. The molecule has 1 heterocycles. The normalized spacial score (nSPS) is 12.2. The molecule has 0 aliphatic heterocycles. The largest absolute Gasteiger partial charge is 0.493 e. The lowest BCUT2D eigenvalue weighted by atomic mass is 10.00. The smallest absolute Gasteiger partial charge is 0.161 e. The minimum Gasteiger partial charge on any atom is -0.493 e. The number of furan rings is 1. The van der Waals surface area contributed by atoms with Crippen LogP contribution in [-0.2, 0) is 0 Å². The second-order valence-corrected chi connectivity index (χ2v) is 4.99. The molecule has 0 radical (unpaired) electrons. The molecule has 21 heavy (non-hydrogen) atoms. The highest BCUT2D eigenvalue weighted by atomic mass is 16.5. The molecule has 1 aromatic carbocycles. The number of hydrogen-bond donors (Lipinski definition) is 1. The van der Waals surface area contributed by atoms with Gasteiger partial charge in [-0.1, -0.05) is 13.0 Å². The first-order valence-electron chi connectivity index (χ1n) is 7.20. The average molecular weight is 289 g/mol. The summed E-state index contributed by atoms with van der Waals surface area (Å²) in [5.74, 6) is 2.38. The highest BCUT2D eigenvalue weighted by molar-refractivity contribution is 5.45. The van der Waals surface area contributed by atoms with Crippen LogP contribution >= 0.6 is 0 Å². The molecule has 2 rings (SSSR count). The Labute approximate surface area is 126 Å². The van der Waals surface area contributed by atoms with Crippen molar-refractivity contribution in [3.8, 4) is 11.5 Å². The van der Waals surface area contributed by atoms with E-state index < -0.39 is 0 Å². The number of rotatable bonds is 7. The van der Waals surface area contributed by atoms with Gasteiger partial charge in [0.05, 0.1) is 26.5 Å². The van der Waals surface area contributed by atoms with E-state index in [-0.39, 0.29) is 6.04 Å². The molecule has 0 amide bonds. The van der Waals surface area contributed by atoms with Gasteiger partial charge in [-0.3, -0.25) is 0 Å². The predicted octanol–water partition coefficient (Wildman–Crippen LogP) is 3.69. The van der Waals surface area contributed by atoms with Gasteiger partial charge < -0.3 is 19.2 Å². The molecule has 1 unspecified atom stereocenters. The van der Waals surface area contributed by atoms with Crippen molar-refractivity contribution >= 4 is 0 Å². The molecule has 0 bridgehead atoms. The molecule has 1 aromatic heterocycles. The standard InChI is InChI=1S/C17H23NO3/c1-5-8-18-17(14-9-12(2)21-11-14)13-6-7-15(19-3)16(10-13)20-4/h6-7,9-11,17-18H,5,8H2,1-4H3. The first-order chi connectivity index (χ1) is 10.2. The number of methoxy groups -OCH3 is 2. The molecular weight excluding hydrogens is 266 g/mol. The minimum atomic E-state index is 0.0854. The predicted molar refractivity (Wildman–Crippen MR) is 83.1 cm³/mol. The quantitative estimate of drug-likeness (QED) is 0.844. The van der Waals surface area contributed by atoms with Crippen LogP contribution in [0.15, 0.2) is 34.9 Å². The summed E-state index contributed by atoms with van der Waals surface area (Å²) in [4.78, 5) is 0. The van der Waals surface area contributed by atoms with Gasteiger partial charge in [-0.05, 0) is 43.7 Å². The van der Waals surface area contributed by atoms with E-state index in [4.69, 9.17) is 13.9 Å². The van der Waals surface area contributed by atoms with E-state index in [9.17, 15) is 0 Å². The molecule has 114 valence electrons. The maximum atomic E-state index is 5.45. The highest BCUT2D eigenvalue weighted by Gasteiger charge is 2.17. The molecule has 0 aliphatic rings. The lowest BCUT2D eigenvalue weighted by Crippen LogP contribution is -2.22. The zero-order valence-corrected chi connectivity index (χ0v) is 13.1. The van der Waals surface area contributed by atoms with E-state index in [0.29, 0.717) is 0 Å². The van der Waals surface area contributed by atoms with Gasteiger partial charge in [0.15, 0.2) is 11.5 Å². The third kappa shape index (κ3) is 3.58. The SMILES string of the molecule is CCCNC(c1coc(C)c1)c1ccc(OC)c(OC)c1. The Balaban J connectivity index is 2.36. The van der Waals surface area contributed by atoms with E-state index >= 15 is 0 Å². The third-order valence-electron chi connectivity index (χ3n) is 3.42. The number of nitrogens with one attached hydrogen (secondary N) is 1. The Morgan fingerprint density at radius 3 is 2.43 bits per heavy atom. The molecule has 0 saturated heterocycles. The summed E-state index contributed by atoms with van der Waals surface area (Å²) < 4.78 is 16.1. The van der Waals surface area contributed by atoms with Crippen LogP contribution in [0, 0.1) is 6.92 Å². The van der Waals surface area contributed by atoms with Crippen molar-refractivity contribution in [1.29, 1.82) is 0 Å². The fourth-order valence-corrected chi connectivity index (χ4v) is 2.36. The van der Waals surface area contributed by atoms with Gasteiger partial charge in [0.25, 0.3) is 0 Å². The fourth-order valence-electron chi connectivity index (χ4n) is 2.36. The van der Waals surface area contributed by atoms with Crippen molar-refractivity contribution in [2.75, 3.05) is 20.8 Å². The molecule has 1 atom stereocenters. The summed E-state index contributed by atoms with van der Waals surface area (Å²) in [6, 6.07) is 8.14. The van der Waals surface area contributed by atoms with Gasteiger partial charge in [0, 0.05) is 5.56 Å². The Kier molecular flexibility index (Phi) is 5.28. The Morgan fingerprint density at radius 2 is 1.86 bits per heavy atom. The van der Waals surface area contributed by atoms with Gasteiger partial charge in [-0.2, -0.15) is 0 Å². The van der Waals surface area contributed by atoms with Crippen LogP contribution in [0.25, 0.3) is 0 Å². The van der Waals surface area contributed by atoms with Crippen LogP contribution in [0.4, 0.5) is 0 Å². The van der Waals surface area contributed by atoms with Gasteiger partial charge in [0.1, 0.15) is 5.76 Å². The van der Waals surface area contributed by atoms with Crippen molar-refractivity contribution in [2.45, 2.75) is 26.3 Å². The van der Waals surface area contributed by atoms with Gasteiger partial charge in [-0.25, -0.2) is 0 Å². The van der Waals surface area contributed by atoms with Gasteiger partial charge in [-0.15, -0.1) is 0 Å². The van der Waals surface area contributed by atoms with Crippen molar-refractivity contribution in [3.05, 3.63) is 47.4 Å². The molecule has 4 heteroatoms. The molecule has 0 aliphatic carbocycles. The lowest BCUT2D eigenvalue weighted by molar-refractivity contribution is 0.354. The first-order valence-corrected chi connectivity index (χ1v) is 7.20. The molecule has 4 nitrogen and oxygen atoms in total. The average Bonchev–Trinajstić information content (AvgIpc) is 2.93. The summed E-state index contributed by atoms with van der Waals surface area (Å²) in [5, 5.41) is 3.55. The van der Waals surface area contributed by atoms with E-state index in [1.54, 1.807) is 20.5 Å². The third-order valence-corrected chi connectivity index (χ3v) is 3.42. The van der Waals surface area contributed by atoms with Gasteiger partial charge in [0.2, 0.25) is 0 Å². The lowest BCUT2D eigenvalue weighted by Gasteiger charge is -2.19. The first kappa shape index (κ1) is 15.4.